The second-order valence-corrected chi connectivity index (χ2v) is 5.47. The molecule has 1 aromatic rings. The highest BCUT2D eigenvalue weighted by atomic mass is 32.1. The zero-order chi connectivity index (χ0) is 11.4. The first-order valence-corrected chi connectivity index (χ1v) is 7.01. The van der Waals surface area contributed by atoms with Gasteiger partial charge < -0.3 is 5.32 Å². The van der Waals surface area contributed by atoms with Crippen LogP contribution in [-0.4, -0.2) is 36.6 Å². The van der Waals surface area contributed by atoms with Crippen molar-refractivity contribution in [2.45, 2.75) is 25.8 Å². The van der Waals surface area contributed by atoms with Crippen molar-refractivity contribution in [3.63, 3.8) is 0 Å². The monoisotopic (exact) mass is 239 g/mol. The number of nitrogens with one attached hydrogen (secondary N) is 1. The van der Waals surface area contributed by atoms with E-state index in [2.05, 4.69) is 34.6 Å². The van der Waals surface area contributed by atoms with Crippen molar-refractivity contribution in [3.8, 4) is 0 Å². The Morgan fingerprint density at radius 1 is 1.62 bits per heavy atom. The van der Waals surface area contributed by atoms with Crippen LogP contribution in [0.5, 0.6) is 0 Å². The minimum atomic E-state index is 0.532. The summed E-state index contributed by atoms with van der Waals surface area (Å²) in [7, 11) is 2.21. The Balaban J connectivity index is 1.96. The van der Waals surface area contributed by atoms with E-state index in [1.165, 1.54) is 24.4 Å². The Hall–Kier alpha value is -0.450. The van der Waals surface area contributed by atoms with E-state index in [0.29, 0.717) is 6.04 Å². The summed E-state index contributed by atoms with van der Waals surface area (Å²) in [4.78, 5) is 6.92. The topological polar surface area (TPSA) is 28.2 Å². The molecule has 16 heavy (non-hydrogen) atoms. The molecular formula is C12H21N3S. The molecule has 2 heterocycles. The van der Waals surface area contributed by atoms with Crippen molar-refractivity contribution in [1.82, 2.24) is 15.2 Å². The van der Waals surface area contributed by atoms with Gasteiger partial charge in [-0.1, -0.05) is 6.92 Å². The molecule has 1 aliphatic rings. The summed E-state index contributed by atoms with van der Waals surface area (Å²) in [6, 6.07) is 0.532. The fraction of sp³-hybridized carbons (Fsp3) is 0.750. The lowest BCUT2D eigenvalue weighted by molar-refractivity contribution is 0.271. The molecule has 2 unspecified atom stereocenters. The van der Waals surface area contributed by atoms with Gasteiger partial charge in [0.2, 0.25) is 0 Å². The lowest BCUT2D eigenvalue weighted by Crippen LogP contribution is -2.28. The lowest BCUT2D eigenvalue weighted by Gasteiger charge is -2.23. The van der Waals surface area contributed by atoms with E-state index in [1.54, 1.807) is 11.3 Å². The van der Waals surface area contributed by atoms with Gasteiger partial charge in [-0.05, 0) is 45.4 Å². The van der Waals surface area contributed by atoms with Gasteiger partial charge in [0.15, 0.2) is 0 Å². The molecule has 0 bridgehead atoms. The third kappa shape index (κ3) is 2.62. The quantitative estimate of drug-likeness (QED) is 0.798. The van der Waals surface area contributed by atoms with Gasteiger partial charge in [0.05, 0.1) is 6.04 Å². The molecule has 4 heteroatoms. The van der Waals surface area contributed by atoms with Crippen LogP contribution in [0.1, 0.15) is 30.8 Å². The van der Waals surface area contributed by atoms with Crippen LogP contribution in [0.25, 0.3) is 0 Å². The summed E-state index contributed by atoms with van der Waals surface area (Å²) in [6.07, 6.45) is 4.42. The SMILES string of the molecule is CCCNCC1CCN(C)C1c1nccs1. The Bertz CT molecular complexity index is 299. The molecule has 2 rings (SSSR count). The zero-order valence-electron chi connectivity index (χ0n) is 10.1. The van der Waals surface area contributed by atoms with Crippen molar-refractivity contribution >= 4 is 11.3 Å². The molecule has 0 spiro atoms. The van der Waals surface area contributed by atoms with Crippen LogP contribution in [0.3, 0.4) is 0 Å². The molecule has 0 radical (unpaired) electrons. The number of nitrogens with zero attached hydrogens (tertiary/aromatic N) is 2. The fourth-order valence-corrected chi connectivity index (χ4v) is 3.37. The molecule has 90 valence electrons. The van der Waals surface area contributed by atoms with Crippen LogP contribution in [0.15, 0.2) is 11.6 Å². The fourth-order valence-electron chi connectivity index (χ4n) is 2.47. The molecule has 1 N–H and O–H groups in total. The van der Waals surface area contributed by atoms with Gasteiger partial charge in [-0.25, -0.2) is 4.98 Å². The summed E-state index contributed by atoms with van der Waals surface area (Å²) in [6.45, 7) is 5.67. The number of hydrogen-bond donors (Lipinski definition) is 1. The second-order valence-electron chi connectivity index (χ2n) is 4.55. The molecule has 1 aliphatic heterocycles. The zero-order valence-corrected chi connectivity index (χ0v) is 11.0. The van der Waals surface area contributed by atoms with Gasteiger partial charge in [0.1, 0.15) is 5.01 Å². The Labute approximate surface area is 102 Å². The normalized spacial score (nSPS) is 26.4. The maximum absolute atomic E-state index is 4.48. The largest absolute Gasteiger partial charge is 0.316 e. The molecule has 0 saturated carbocycles. The molecular weight excluding hydrogens is 218 g/mol. The Kier molecular flexibility index (Phi) is 4.32. The predicted molar refractivity (Wildman–Crippen MR) is 68.8 cm³/mol. The summed E-state index contributed by atoms with van der Waals surface area (Å²) >= 11 is 1.79. The van der Waals surface area contributed by atoms with Gasteiger partial charge in [-0.2, -0.15) is 0 Å². The van der Waals surface area contributed by atoms with Gasteiger partial charge in [-0.3, -0.25) is 4.90 Å². The van der Waals surface area contributed by atoms with Crippen molar-refractivity contribution in [2.24, 2.45) is 5.92 Å². The number of likely N-dealkylation sites (tertiary alicyclic amines) is 1. The van der Waals surface area contributed by atoms with Crippen LogP contribution in [0.4, 0.5) is 0 Å². The number of aromatic nitrogens is 1. The number of thiazole rings is 1. The molecule has 2 atom stereocenters. The van der Waals surface area contributed by atoms with E-state index in [1.807, 2.05) is 6.20 Å². The smallest absolute Gasteiger partial charge is 0.110 e. The first-order chi connectivity index (χ1) is 7.83. The minimum absolute atomic E-state index is 0.532. The van der Waals surface area contributed by atoms with E-state index in [9.17, 15) is 0 Å². The van der Waals surface area contributed by atoms with Crippen molar-refractivity contribution < 1.29 is 0 Å². The van der Waals surface area contributed by atoms with E-state index in [-0.39, 0.29) is 0 Å². The van der Waals surface area contributed by atoms with E-state index in [0.717, 1.165) is 19.0 Å². The average Bonchev–Trinajstić information content (AvgIpc) is 2.88. The van der Waals surface area contributed by atoms with Gasteiger partial charge in [0.25, 0.3) is 0 Å². The van der Waals surface area contributed by atoms with Gasteiger partial charge in [0, 0.05) is 11.6 Å². The highest BCUT2D eigenvalue weighted by Gasteiger charge is 2.34. The lowest BCUT2D eigenvalue weighted by atomic mass is 10.0. The van der Waals surface area contributed by atoms with Crippen molar-refractivity contribution in [2.75, 3.05) is 26.7 Å². The van der Waals surface area contributed by atoms with Crippen LogP contribution < -0.4 is 5.32 Å². The first-order valence-electron chi connectivity index (χ1n) is 6.13. The average molecular weight is 239 g/mol. The maximum atomic E-state index is 4.48. The molecule has 3 nitrogen and oxygen atoms in total. The molecule has 1 saturated heterocycles. The maximum Gasteiger partial charge on any atom is 0.110 e. The van der Waals surface area contributed by atoms with E-state index < -0.39 is 0 Å². The number of rotatable bonds is 5. The van der Waals surface area contributed by atoms with Gasteiger partial charge in [-0.15, -0.1) is 11.3 Å². The third-order valence-corrected chi connectivity index (χ3v) is 4.16. The van der Waals surface area contributed by atoms with Gasteiger partial charge >= 0.3 is 0 Å². The second kappa shape index (κ2) is 5.75. The Morgan fingerprint density at radius 2 is 2.50 bits per heavy atom. The van der Waals surface area contributed by atoms with Crippen LogP contribution >= 0.6 is 11.3 Å². The Morgan fingerprint density at radius 3 is 3.19 bits per heavy atom. The highest BCUT2D eigenvalue weighted by molar-refractivity contribution is 7.09. The van der Waals surface area contributed by atoms with E-state index >= 15 is 0 Å². The summed E-state index contributed by atoms with van der Waals surface area (Å²) in [5, 5.41) is 6.90. The molecule has 1 fully saturated rings. The van der Waals surface area contributed by atoms with Crippen LogP contribution in [0, 0.1) is 5.92 Å². The minimum Gasteiger partial charge on any atom is -0.316 e. The van der Waals surface area contributed by atoms with Crippen molar-refractivity contribution in [1.29, 1.82) is 0 Å². The van der Waals surface area contributed by atoms with Crippen molar-refractivity contribution in [3.05, 3.63) is 16.6 Å². The molecule has 0 aliphatic carbocycles. The summed E-state index contributed by atoms with van der Waals surface area (Å²) in [5.74, 6) is 0.725. The highest BCUT2D eigenvalue weighted by Crippen LogP contribution is 2.36. The first kappa shape index (κ1) is 12.0. The van der Waals surface area contributed by atoms with Crippen LogP contribution in [-0.2, 0) is 0 Å². The van der Waals surface area contributed by atoms with E-state index in [4.69, 9.17) is 0 Å². The standard InChI is InChI=1S/C12H21N3S/c1-3-5-13-9-10-4-7-15(2)11(10)12-14-6-8-16-12/h6,8,10-11,13H,3-5,7,9H2,1-2H3. The third-order valence-electron chi connectivity index (χ3n) is 3.31. The number of hydrogen-bond acceptors (Lipinski definition) is 4. The predicted octanol–water partition coefficient (Wildman–Crippen LogP) is 2.14. The molecule has 1 aromatic heterocycles. The van der Waals surface area contributed by atoms with Crippen LogP contribution in [0.2, 0.25) is 0 Å². The summed E-state index contributed by atoms with van der Waals surface area (Å²) in [5.41, 5.74) is 0. The molecule has 0 aromatic carbocycles. The molecule has 0 amide bonds. The summed E-state index contributed by atoms with van der Waals surface area (Å²) < 4.78 is 0.